The first-order valence-corrected chi connectivity index (χ1v) is 6.73. The van der Waals surface area contributed by atoms with Gasteiger partial charge in [0.15, 0.2) is 0 Å². The number of pyridine rings is 1. The van der Waals surface area contributed by atoms with Crippen LogP contribution in [0.5, 0.6) is 0 Å². The number of piperidine rings is 1. The van der Waals surface area contributed by atoms with E-state index >= 15 is 0 Å². The maximum absolute atomic E-state index is 12.6. The second kappa shape index (κ2) is 5.19. The molecule has 1 fully saturated rings. The van der Waals surface area contributed by atoms with Crippen LogP contribution in [0.15, 0.2) is 24.5 Å². The monoisotopic (exact) mass is 246 g/mol. The highest BCUT2D eigenvalue weighted by Gasteiger charge is 2.46. The van der Waals surface area contributed by atoms with Gasteiger partial charge in [0.05, 0.1) is 5.41 Å². The minimum Gasteiger partial charge on any atom is -0.306 e. The number of aromatic nitrogens is 1. The second-order valence-electron chi connectivity index (χ2n) is 5.40. The SMILES string of the molecule is CCC(=O)[C@]1(c2cccnc2)CCN(C)C[C@H]1C. The summed E-state index contributed by atoms with van der Waals surface area (Å²) in [7, 11) is 2.13. The molecule has 0 radical (unpaired) electrons. The first-order valence-electron chi connectivity index (χ1n) is 6.73. The van der Waals surface area contributed by atoms with Crippen molar-refractivity contribution in [2.75, 3.05) is 20.1 Å². The quantitative estimate of drug-likeness (QED) is 0.820. The van der Waals surface area contributed by atoms with Gasteiger partial charge in [-0.05, 0) is 37.6 Å². The van der Waals surface area contributed by atoms with E-state index in [-0.39, 0.29) is 5.41 Å². The molecule has 1 aliphatic heterocycles. The van der Waals surface area contributed by atoms with Crippen LogP contribution in [0.4, 0.5) is 0 Å². The van der Waals surface area contributed by atoms with Crippen LogP contribution in [0.25, 0.3) is 0 Å². The Morgan fingerprint density at radius 2 is 2.39 bits per heavy atom. The molecule has 2 rings (SSSR count). The highest BCUT2D eigenvalue weighted by atomic mass is 16.1. The molecule has 1 aromatic heterocycles. The van der Waals surface area contributed by atoms with Crippen molar-refractivity contribution in [3.8, 4) is 0 Å². The topological polar surface area (TPSA) is 33.2 Å². The van der Waals surface area contributed by atoms with E-state index in [0.29, 0.717) is 18.1 Å². The fourth-order valence-corrected chi connectivity index (χ4v) is 3.27. The highest BCUT2D eigenvalue weighted by molar-refractivity contribution is 5.90. The summed E-state index contributed by atoms with van der Waals surface area (Å²) in [4.78, 5) is 19.1. The van der Waals surface area contributed by atoms with Crippen molar-refractivity contribution in [2.24, 2.45) is 5.92 Å². The summed E-state index contributed by atoms with van der Waals surface area (Å²) in [5.41, 5.74) is 0.771. The number of carbonyl (C=O) groups excluding carboxylic acids is 1. The molecule has 2 heterocycles. The Balaban J connectivity index is 2.45. The standard InChI is InChI=1S/C15H22N2O/c1-4-14(18)15(13-6-5-8-16-10-13)7-9-17(3)11-12(15)2/h5-6,8,10,12H,4,7,9,11H2,1-3H3/t12-,15-/m1/s1. The molecule has 0 unspecified atom stereocenters. The molecule has 1 aromatic rings. The summed E-state index contributed by atoms with van der Waals surface area (Å²) in [5.74, 6) is 0.698. The number of hydrogen-bond acceptors (Lipinski definition) is 3. The maximum Gasteiger partial charge on any atom is 0.143 e. The Labute approximate surface area is 109 Å². The maximum atomic E-state index is 12.6. The highest BCUT2D eigenvalue weighted by Crippen LogP contribution is 2.40. The average molecular weight is 246 g/mol. The van der Waals surface area contributed by atoms with Gasteiger partial charge in [-0.2, -0.15) is 0 Å². The molecule has 18 heavy (non-hydrogen) atoms. The number of carbonyl (C=O) groups is 1. The van der Waals surface area contributed by atoms with Crippen molar-refractivity contribution >= 4 is 5.78 Å². The van der Waals surface area contributed by atoms with Crippen molar-refractivity contribution in [1.29, 1.82) is 0 Å². The van der Waals surface area contributed by atoms with Crippen LogP contribution in [0, 0.1) is 5.92 Å². The zero-order chi connectivity index (χ0) is 13.2. The summed E-state index contributed by atoms with van der Waals surface area (Å²) in [6.07, 6.45) is 5.15. The van der Waals surface area contributed by atoms with Crippen LogP contribution in [0.2, 0.25) is 0 Å². The van der Waals surface area contributed by atoms with E-state index in [2.05, 4.69) is 29.9 Å². The van der Waals surface area contributed by atoms with Gasteiger partial charge < -0.3 is 4.90 Å². The lowest BCUT2D eigenvalue weighted by Gasteiger charge is -2.44. The Morgan fingerprint density at radius 1 is 1.61 bits per heavy atom. The van der Waals surface area contributed by atoms with Crippen molar-refractivity contribution in [3.05, 3.63) is 30.1 Å². The van der Waals surface area contributed by atoms with Crippen LogP contribution in [-0.4, -0.2) is 35.8 Å². The zero-order valence-corrected chi connectivity index (χ0v) is 11.5. The molecule has 0 spiro atoms. The number of likely N-dealkylation sites (tertiary alicyclic amines) is 1. The first kappa shape index (κ1) is 13.2. The summed E-state index contributed by atoms with van der Waals surface area (Å²) in [5, 5.41) is 0. The Hall–Kier alpha value is -1.22. The van der Waals surface area contributed by atoms with Gasteiger partial charge in [0.2, 0.25) is 0 Å². The summed E-state index contributed by atoms with van der Waals surface area (Å²) < 4.78 is 0. The van der Waals surface area contributed by atoms with E-state index in [1.165, 1.54) is 0 Å². The third-order valence-electron chi connectivity index (χ3n) is 4.31. The van der Waals surface area contributed by atoms with Gasteiger partial charge in [0.25, 0.3) is 0 Å². The van der Waals surface area contributed by atoms with Crippen LogP contribution >= 0.6 is 0 Å². The number of rotatable bonds is 3. The van der Waals surface area contributed by atoms with Crippen molar-refractivity contribution < 1.29 is 4.79 Å². The molecule has 3 nitrogen and oxygen atoms in total. The van der Waals surface area contributed by atoms with Crippen LogP contribution in [-0.2, 0) is 10.2 Å². The number of hydrogen-bond donors (Lipinski definition) is 0. The first-order chi connectivity index (χ1) is 8.61. The van der Waals surface area contributed by atoms with E-state index in [4.69, 9.17) is 0 Å². The molecule has 1 saturated heterocycles. The van der Waals surface area contributed by atoms with Gasteiger partial charge in [-0.25, -0.2) is 0 Å². The molecule has 3 heteroatoms. The van der Waals surface area contributed by atoms with E-state index in [0.717, 1.165) is 25.1 Å². The molecule has 0 saturated carbocycles. The molecular weight excluding hydrogens is 224 g/mol. The zero-order valence-electron chi connectivity index (χ0n) is 11.5. The van der Waals surface area contributed by atoms with Crippen molar-refractivity contribution in [1.82, 2.24) is 9.88 Å². The molecule has 0 amide bonds. The lowest BCUT2D eigenvalue weighted by Crippen LogP contribution is -2.52. The normalized spacial score (nSPS) is 29.2. The summed E-state index contributed by atoms with van der Waals surface area (Å²) >= 11 is 0. The summed E-state index contributed by atoms with van der Waals surface area (Å²) in [6.45, 7) is 6.10. The predicted molar refractivity (Wildman–Crippen MR) is 72.5 cm³/mol. The number of ketones is 1. The van der Waals surface area contributed by atoms with E-state index in [1.807, 2.05) is 19.2 Å². The van der Waals surface area contributed by atoms with E-state index < -0.39 is 0 Å². The molecule has 0 aromatic carbocycles. The smallest absolute Gasteiger partial charge is 0.143 e. The second-order valence-corrected chi connectivity index (χ2v) is 5.40. The Kier molecular flexibility index (Phi) is 3.81. The third kappa shape index (κ3) is 2.07. The number of Topliss-reactive ketones (excluding diaryl/α,β-unsaturated/α-hetero) is 1. The lowest BCUT2D eigenvalue weighted by atomic mass is 9.64. The van der Waals surface area contributed by atoms with Crippen LogP contribution in [0.3, 0.4) is 0 Å². The van der Waals surface area contributed by atoms with E-state index in [1.54, 1.807) is 6.20 Å². The number of nitrogens with zero attached hydrogens (tertiary/aromatic N) is 2. The molecule has 2 atom stereocenters. The third-order valence-corrected chi connectivity index (χ3v) is 4.31. The summed E-state index contributed by atoms with van der Waals surface area (Å²) in [6, 6.07) is 3.99. The minimum atomic E-state index is -0.324. The minimum absolute atomic E-state index is 0.324. The molecule has 0 bridgehead atoms. The van der Waals surface area contributed by atoms with Gasteiger partial charge in [-0.3, -0.25) is 9.78 Å². The largest absolute Gasteiger partial charge is 0.306 e. The molecular formula is C15H22N2O. The average Bonchev–Trinajstić information content (AvgIpc) is 2.39. The Morgan fingerprint density at radius 3 is 2.94 bits per heavy atom. The van der Waals surface area contributed by atoms with Gasteiger partial charge >= 0.3 is 0 Å². The van der Waals surface area contributed by atoms with Crippen LogP contribution < -0.4 is 0 Å². The Bertz CT molecular complexity index is 418. The molecule has 98 valence electrons. The van der Waals surface area contributed by atoms with Gasteiger partial charge in [0, 0.05) is 25.4 Å². The fourth-order valence-electron chi connectivity index (χ4n) is 3.27. The van der Waals surface area contributed by atoms with Crippen molar-refractivity contribution in [3.63, 3.8) is 0 Å². The molecule has 0 N–H and O–H groups in total. The predicted octanol–water partition coefficient (Wildman–Crippen LogP) is 2.27. The van der Waals surface area contributed by atoms with Gasteiger partial charge in [0.1, 0.15) is 5.78 Å². The molecule has 0 aliphatic carbocycles. The van der Waals surface area contributed by atoms with Crippen molar-refractivity contribution in [2.45, 2.75) is 32.1 Å². The molecule has 1 aliphatic rings. The van der Waals surface area contributed by atoms with Gasteiger partial charge in [-0.1, -0.05) is 19.9 Å². The van der Waals surface area contributed by atoms with Crippen LogP contribution in [0.1, 0.15) is 32.3 Å². The fraction of sp³-hybridized carbons (Fsp3) is 0.600. The lowest BCUT2D eigenvalue weighted by molar-refractivity contribution is -0.128. The van der Waals surface area contributed by atoms with E-state index in [9.17, 15) is 4.79 Å². The van der Waals surface area contributed by atoms with Gasteiger partial charge in [-0.15, -0.1) is 0 Å².